The van der Waals surface area contributed by atoms with Gasteiger partial charge in [-0.3, -0.25) is 9.59 Å². The van der Waals surface area contributed by atoms with Crippen molar-refractivity contribution < 1.29 is 14.7 Å². The van der Waals surface area contributed by atoms with Crippen molar-refractivity contribution in [2.45, 2.75) is 17.7 Å². The van der Waals surface area contributed by atoms with E-state index in [9.17, 15) is 9.59 Å². The summed E-state index contributed by atoms with van der Waals surface area (Å²) in [7, 11) is 0. The lowest BCUT2D eigenvalue weighted by Gasteiger charge is -2.04. The van der Waals surface area contributed by atoms with Crippen LogP contribution in [-0.4, -0.2) is 23.5 Å². The molecule has 0 saturated heterocycles. The van der Waals surface area contributed by atoms with Gasteiger partial charge in [0.1, 0.15) is 6.54 Å². The lowest BCUT2D eigenvalue weighted by molar-refractivity contribution is -0.137. The number of carboxylic acids is 1. The van der Waals surface area contributed by atoms with E-state index in [1.807, 2.05) is 24.3 Å². The van der Waals surface area contributed by atoms with Gasteiger partial charge in [0, 0.05) is 11.3 Å². The Kier molecular flexibility index (Phi) is 4.85. The highest BCUT2D eigenvalue weighted by Gasteiger charge is 2.05. The van der Waals surface area contributed by atoms with Gasteiger partial charge in [0.05, 0.1) is 0 Å². The van der Waals surface area contributed by atoms with Crippen molar-refractivity contribution in [3.63, 3.8) is 0 Å². The second-order valence-corrected chi connectivity index (χ2v) is 3.78. The van der Waals surface area contributed by atoms with Crippen LogP contribution in [0.4, 0.5) is 0 Å². The van der Waals surface area contributed by atoms with E-state index in [4.69, 9.17) is 5.11 Å². The maximum absolute atomic E-state index is 11.2. The minimum atomic E-state index is -1.04. The van der Waals surface area contributed by atoms with E-state index < -0.39 is 5.97 Å². The Labute approximate surface area is 99.1 Å². The van der Waals surface area contributed by atoms with E-state index >= 15 is 0 Å². The largest absolute Gasteiger partial charge is 0.480 e. The predicted octanol–water partition coefficient (Wildman–Crippen LogP) is 1.11. The fourth-order valence-corrected chi connectivity index (χ4v) is 1.51. The van der Waals surface area contributed by atoms with Crippen LogP contribution in [0.2, 0.25) is 0 Å². The van der Waals surface area contributed by atoms with Gasteiger partial charge in [0.15, 0.2) is 0 Å². The van der Waals surface area contributed by atoms with Gasteiger partial charge in [-0.2, -0.15) is 0 Å². The van der Waals surface area contributed by atoms with Gasteiger partial charge in [-0.15, -0.1) is 12.6 Å². The number of rotatable bonds is 5. The van der Waals surface area contributed by atoms with Crippen LogP contribution in [0.15, 0.2) is 29.2 Å². The number of carbonyl (C=O) groups is 2. The first-order chi connectivity index (χ1) is 7.59. The standard InChI is InChI=1S/C11H13NO3S/c13-10(12-7-11(14)15)6-5-8-3-1-2-4-9(8)16/h1-4,16H,5-7H2,(H,12,13)(H,14,15). The van der Waals surface area contributed by atoms with Crippen molar-refractivity contribution in [1.29, 1.82) is 0 Å². The van der Waals surface area contributed by atoms with E-state index in [1.165, 1.54) is 0 Å². The number of aryl methyl sites for hydroxylation is 1. The molecule has 0 aromatic heterocycles. The molecule has 1 aromatic rings. The molecule has 0 bridgehead atoms. The number of benzene rings is 1. The number of carbonyl (C=O) groups excluding carboxylic acids is 1. The SMILES string of the molecule is O=C(O)CNC(=O)CCc1ccccc1S. The van der Waals surface area contributed by atoms with Crippen molar-refractivity contribution in [1.82, 2.24) is 5.32 Å². The Balaban J connectivity index is 2.37. The molecule has 0 aliphatic rings. The zero-order valence-corrected chi connectivity index (χ0v) is 9.54. The number of hydrogen-bond acceptors (Lipinski definition) is 3. The summed E-state index contributed by atoms with van der Waals surface area (Å²) in [4.78, 5) is 22.3. The molecule has 16 heavy (non-hydrogen) atoms. The van der Waals surface area contributed by atoms with Gasteiger partial charge in [0.25, 0.3) is 0 Å². The van der Waals surface area contributed by atoms with E-state index in [0.29, 0.717) is 6.42 Å². The number of amides is 1. The van der Waals surface area contributed by atoms with Gasteiger partial charge < -0.3 is 10.4 Å². The molecule has 0 atom stereocenters. The lowest BCUT2D eigenvalue weighted by atomic mass is 10.1. The molecular weight excluding hydrogens is 226 g/mol. The average Bonchev–Trinajstić information content (AvgIpc) is 2.25. The monoisotopic (exact) mass is 239 g/mol. The molecule has 0 saturated carbocycles. The van der Waals surface area contributed by atoms with Crippen LogP contribution >= 0.6 is 12.6 Å². The molecule has 0 radical (unpaired) electrons. The van der Waals surface area contributed by atoms with Crippen LogP contribution in [0, 0.1) is 0 Å². The molecule has 0 unspecified atom stereocenters. The third-order valence-corrected chi connectivity index (χ3v) is 2.49. The minimum Gasteiger partial charge on any atom is -0.480 e. The van der Waals surface area contributed by atoms with Crippen LogP contribution < -0.4 is 5.32 Å². The highest BCUT2D eigenvalue weighted by Crippen LogP contribution is 2.14. The molecule has 4 nitrogen and oxygen atoms in total. The first-order valence-electron chi connectivity index (χ1n) is 4.85. The van der Waals surface area contributed by atoms with Crippen LogP contribution in [0.1, 0.15) is 12.0 Å². The molecule has 0 aliphatic carbocycles. The molecule has 1 rings (SSSR count). The quantitative estimate of drug-likeness (QED) is 0.674. The Morgan fingerprint density at radius 2 is 2.00 bits per heavy atom. The molecule has 0 heterocycles. The van der Waals surface area contributed by atoms with E-state index in [0.717, 1.165) is 10.5 Å². The lowest BCUT2D eigenvalue weighted by Crippen LogP contribution is -2.29. The topological polar surface area (TPSA) is 66.4 Å². The minimum absolute atomic E-state index is 0.265. The Morgan fingerprint density at radius 3 is 2.62 bits per heavy atom. The molecule has 2 N–H and O–H groups in total. The van der Waals surface area contributed by atoms with Crippen LogP contribution in [0.3, 0.4) is 0 Å². The summed E-state index contributed by atoms with van der Waals surface area (Å²) in [6.07, 6.45) is 0.829. The third-order valence-electron chi connectivity index (χ3n) is 2.05. The molecule has 1 amide bonds. The fourth-order valence-electron chi connectivity index (χ4n) is 1.23. The molecule has 0 spiro atoms. The summed E-state index contributed by atoms with van der Waals surface area (Å²) in [6.45, 7) is -0.332. The number of carboxylic acid groups (broad SMARTS) is 1. The Hall–Kier alpha value is -1.49. The third kappa shape index (κ3) is 4.35. The molecule has 0 fully saturated rings. The average molecular weight is 239 g/mol. The van der Waals surface area contributed by atoms with Gasteiger partial charge in [-0.25, -0.2) is 0 Å². The molecular formula is C11H13NO3S. The van der Waals surface area contributed by atoms with E-state index in [-0.39, 0.29) is 18.9 Å². The van der Waals surface area contributed by atoms with E-state index in [1.54, 1.807) is 0 Å². The summed E-state index contributed by atoms with van der Waals surface area (Å²) in [5.41, 5.74) is 0.983. The summed E-state index contributed by atoms with van der Waals surface area (Å²) in [5.74, 6) is -1.30. The van der Waals surface area contributed by atoms with Crippen molar-refractivity contribution in [2.24, 2.45) is 0 Å². The highest BCUT2D eigenvalue weighted by molar-refractivity contribution is 7.80. The summed E-state index contributed by atoms with van der Waals surface area (Å²) in [5, 5.41) is 10.7. The van der Waals surface area contributed by atoms with Gasteiger partial charge in [0.2, 0.25) is 5.91 Å². The predicted molar refractivity (Wildman–Crippen MR) is 62.7 cm³/mol. The summed E-state index contributed by atoms with van der Waals surface area (Å²) < 4.78 is 0. The first kappa shape index (κ1) is 12.6. The Morgan fingerprint density at radius 1 is 1.31 bits per heavy atom. The summed E-state index contributed by atoms with van der Waals surface area (Å²) in [6, 6.07) is 7.50. The van der Waals surface area contributed by atoms with Gasteiger partial charge in [-0.1, -0.05) is 18.2 Å². The number of hydrogen-bond donors (Lipinski definition) is 3. The van der Waals surface area contributed by atoms with Gasteiger partial charge >= 0.3 is 5.97 Å². The Bertz CT molecular complexity index is 393. The van der Waals surface area contributed by atoms with Crippen molar-refractivity contribution in [3.05, 3.63) is 29.8 Å². The first-order valence-corrected chi connectivity index (χ1v) is 5.29. The normalized spacial score (nSPS) is 9.81. The molecule has 1 aromatic carbocycles. The number of nitrogens with one attached hydrogen (secondary N) is 1. The zero-order valence-electron chi connectivity index (χ0n) is 8.64. The smallest absolute Gasteiger partial charge is 0.322 e. The highest BCUT2D eigenvalue weighted by atomic mass is 32.1. The second-order valence-electron chi connectivity index (χ2n) is 3.30. The number of thiol groups is 1. The maximum atomic E-state index is 11.2. The number of aliphatic carboxylic acids is 1. The van der Waals surface area contributed by atoms with Crippen molar-refractivity contribution in [2.75, 3.05) is 6.54 Å². The summed E-state index contributed by atoms with van der Waals surface area (Å²) >= 11 is 4.26. The van der Waals surface area contributed by atoms with Crippen molar-refractivity contribution >= 4 is 24.5 Å². The molecule has 5 heteroatoms. The van der Waals surface area contributed by atoms with E-state index in [2.05, 4.69) is 17.9 Å². The molecule has 86 valence electrons. The van der Waals surface area contributed by atoms with Crippen molar-refractivity contribution in [3.8, 4) is 0 Å². The fraction of sp³-hybridized carbons (Fsp3) is 0.273. The van der Waals surface area contributed by atoms with Crippen LogP contribution in [-0.2, 0) is 16.0 Å². The van der Waals surface area contributed by atoms with Crippen LogP contribution in [0.5, 0.6) is 0 Å². The zero-order chi connectivity index (χ0) is 12.0. The molecule has 0 aliphatic heterocycles. The van der Waals surface area contributed by atoms with Gasteiger partial charge in [-0.05, 0) is 18.1 Å². The maximum Gasteiger partial charge on any atom is 0.322 e. The second kappa shape index (κ2) is 6.17. The van der Waals surface area contributed by atoms with Crippen LogP contribution in [0.25, 0.3) is 0 Å².